The van der Waals surface area contributed by atoms with Crippen molar-refractivity contribution < 1.29 is 14.7 Å². The van der Waals surface area contributed by atoms with Crippen LogP contribution in [0.15, 0.2) is 0 Å². The molecule has 0 aliphatic carbocycles. The highest BCUT2D eigenvalue weighted by atomic mass is 16.4. The molecule has 0 spiro atoms. The summed E-state index contributed by atoms with van der Waals surface area (Å²) in [5, 5.41) is 15.4. The Labute approximate surface area is 99.6 Å². The number of hydrogen-bond donors (Lipinski definition) is 2. The number of amides is 1. The van der Waals surface area contributed by atoms with Gasteiger partial charge in [0.25, 0.3) is 5.91 Å². The second-order valence-corrected chi connectivity index (χ2v) is 3.89. The van der Waals surface area contributed by atoms with Crippen LogP contribution in [0.2, 0.25) is 0 Å². The summed E-state index contributed by atoms with van der Waals surface area (Å²) >= 11 is 0. The lowest BCUT2D eigenvalue weighted by Crippen LogP contribution is -2.38. The summed E-state index contributed by atoms with van der Waals surface area (Å²) in [5.74, 6) is -1.45. The monoisotopic (exact) mass is 239 g/mol. The van der Waals surface area contributed by atoms with Gasteiger partial charge in [-0.05, 0) is 27.7 Å². The first-order valence-corrected chi connectivity index (χ1v) is 5.46. The molecule has 0 aliphatic heterocycles. The fourth-order valence-electron chi connectivity index (χ4n) is 1.66. The number of rotatable bonds is 4. The van der Waals surface area contributed by atoms with Crippen molar-refractivity contribution in [3.05, 3.63) is 17.0 Å². The molecular formula is C11H17N3O3. The summed E-state index contributed by atoms with van der Waals surface area (Å²) in [5.41, 5.74) is 1.82. The average molecular weight is 239 g/mol. The average Bonchev–Trinajstić information content (AvgIpc) is 2.53. The topological polar surface area (TPSA) is 84.2 Å². The largest absolute Gasteiger partial charge is 0.480 e. The van der Waals surface area contributed by atoms with Gasteiger partial charge in [0.15, 0.2) is 0 Å². The highest BCUT2D eigenvalue weighted by Gasteiger charge is 2.21. The first-order chi connectivity index (χ1) is 7.88. The van der Waals surface area contributed by atoms with Crippen LogP contribution in [0.3, 0.4) is 0 Å². The second kappa shape index (κ2) is 4.99. The van der Waals surface area contributed by atoms with Gasteiger partial charge in [0.1, 0.15) is 6.04 Å². The number of carbonyl (C=O) groups is 2. The molecule has 2 N–H and O–H groups in total. The van der Waals surface area contributed by atoms with Gasteiger partial charge in [-0.2, -0.15) is 5.10 Å². The SMILES string of the molecule is CCn1nc(C)c(C(=O)NC(C)C(=O)O)c1C. The third kappa shape index (κ3) is 2.64. The van der Waals surface area contributed by atoms with Crippen molar-refractivity contribution in [2.75, 3.05) is 0 Å². The summed E-state index contributed by atoms with van der Waals surface area (Å²) in [6.45, 7) is 7.56. The molecule has 1 aromatic rings. The Kier molecular flexibility index (Phi) is 3.88. The molecule has 0 radical (unpaired) electrons. The molecule has 1 amide bonds. The normalized spacial score (nSPS) is 12.2. The third-order valence-electron chi connectivity index (χ3n) is 2.63. The van der Waals surface area contributed by atoms with E-state index in [1.165, 1.54) is 6.92 Å². The summed E-state index contributed by atoms with van der Waals surface area (Å²) in [4.78, 5) is 22.6. The van der Waals surface area contributed by atoms with E-state index < -0.39 is 17.9 Å². The predicted octanol–water partition coefficient (Wildman–Crippen LogP) is 0.723. The number of carboxylic acid groups (broad SMARTS) is 1. The molecule has 1 aromatic heterocycles. The van der Waals surface area contributed by atoms with E-state index in [1.807, 2.05) is 6.92 Å². The Balaban J connectivity index is 2.97. The number of aromatic nitrogens is 2. The minimum absolute atomic E-state index is 0.394. The Morgan fingerprint density at radius 3 is 2.47 bits per heavy atom. The van der Waals surface area contributed by atoms with Crippen molar-refractivity contribution in [2.45, 2.75) is 40.3 Å². The Morgan fingerprint density at radius 1 is 1.47 bits per heavy atom. The standard InChI is InChI=1S/C11H17N3O3/c1-5-14-8(4)9(6(2)13-14)10(15)12-7(3)11(16)17/h7H,5H2,1-4H3,(H,12,15)(H,16,17). The molecule has 0 fully saturated rings. The fraction of sp³-hybridized carbons (Fsp3) is 0.545. The van der Waals surface area contributed by atoms with Crippen molar-refractivity contribution >= 4 is 11.9 Å². The van der Waals surface area contributed by atoms with Crippen molar-refractivity contribution in [2.24, 2.45) is 0 Å². The molecule has 0 saturated heterocycles. The highest BCUT2D eigenvalue weighted by Crippen LogP contribution is 2.12. The minimum atomic E-state index is -1.06. The maximum absolute atomic E-state index is 11.9. The number of nitrogens with one attached hydrogen (secondary N) is 1. The second-order valence-electron chi connectivity index (χ2n) is 3.89. The van der Waals surface area contributed by atoms with Gasteiger partial charge in [0.2, 0.25) is 0 Å². The Hall–Kier alpha value is -1.85. The molecule has 0 aliphatic rings. The molecule has 17 heavy (non-hydrogen) atoms. The maximum atomic E-state index is 11.9. The number of aryl methyl sites for hydroxylation is 2. The number of carbonyl (C=O) groups excluding carboxylic acids is 1. The molecule has 6 nitrogen and oxygen atoms in total. The zero-order chi connectivity index (χ0) is 13.2. The van der Waals surface area contributed by atoms with Gasteiger partial charge >= 0.3 is 5.97 Å². The molecule has 0 aromatic carbocycles. The van der Waals surface area contributed by atoms with E-state index in [2.05, 4.69) is 10.4 Å². The minimum Gasteiger partial charge on any atom is -0.480 e. The lowest BCUT2D eigenvalue weighted by Gasteiger charge is -2.09. The van der Waals surface area contributed by atoms with E-state index in [9.17, 15) is 9.59 Å². The van der Waals surface area contributed by atoms with Crippen LogP contribution in [0, 0.1) is 13.8 Å². The first kappa shape index (κ1) is 13.2. The van der Waals surface area contributed by atoms with Crippen LogP contribution >= 0.6 is 0 Å². The van der Waals surface area contributed by atoms with Gasteiger partial charge in [0.05, 0.1) is 11.3 Å². The summed E-state index contributed by atoms with van der Waals surface area (Å²) < 4.78 is 1.72. The van der Waals surface area contributed by atoms with Crippen LogP contribution in [0.5, 0.6) is 0 Å². The zero-order valence-electron chi connectivity index (χ0n) is 10.4. The number of carboxylic acids is 1. The van der Waals surface area contributed by atoms with Crippen molar-refractivity contribution in [3.8, 4) is 0 Å². The molecule has 0 saturated carbocycles. The van der Waals surface area contributed by atoms with Gasteiger partial charge < -0.3 is 10.4 Å². The first-order valence-electron chi connectivity index (χ1n) is 5.46. The predicted molar refractivity (Wildman–Crippen MR) is 61.9 cm³/mol. The van der Waals surface area contributed by atoms with Crippen LogP contribution in [0.25, 0.3) is 0 Å². The van der Waals surface area contributed by atoms with Crippen LogP contribution in [-0.4, -0.2) is 32.8 Å². The van der Waals surface area contributed by atoms with Crippen molar-refractivity contribution in [1.82, 2.24) is 15.1 Å². The van der Waals surface area contributed by atoms with Gasteiger partial charge in [-0.1, -0.05) is 0 Å². The summed E-state index contributed by atoms with van der Waals surface area (Å²) in [7, 11) is 0. The van der Waals surface area contributed by atoms with Crippen molar-refractivity contribution in [3.63, 3.8) is 0 Å². The van der Waals surface area contributed by atoms with Gasteiger partial charge in [0, 0.05) is 12.2 Å². The van der Waals surface area contributed by atoms with Crippen molar-refractivity contribution in [1.29, 1.82) is 0 Å². The fourth-order valence-corrected chi connectivity index (χ4v) is 1.66. The molecular weight excluding hydrogens is 222 g/mol. The van der Waals surface area contributed by atoms with Crippen LogP contribution in [0.4, 0.5) is 0 Å². The lowest BCUT2D eigenvalue weighted by molar-refractivity contribution is -0.138. The lowest BCUT2D eigenvalue weighted by atomic mass is 10.1. The maximum Gasteiger partial charge on any atom is 0.325 e. The van der Waals surface area contributed by atoms with Crippen LogP contribution in [0.1, 0.15) is 35.6 Å². The Morgan fingerprint density at radius 2 is 2.06 bits per heavy atom. The molecule has 1 rings (SSSR count). The highest BCUT2D eigenvalue weighted by molar-refractivity contribution is 5.98. The molecule has 0 bridgehead atoms. The molecule has 94 valence electrons. The van der Waals surface area contributed by atoms with E-state index >= 15 is 0 Å². The van der Waals surface area contributed by atoms with Gasteiger partial charge in [-0.3, -0.25) is 14.3 Å². The van der Waals surface area contributed by atoms with E-state index in [0.29, 0.717) is 17.8 Å². The van der Waals surface area contributed by atoms with Crippen LogP contribution in [-0.2, 0) is 11.3 Å². The van der Waals surface area contributed by atoms with E-state index in [0.717, 1.165) is 5.69 Å². The number of aliphatic carboxylic acids is 1. The van der Waals surface area contributed by atoms with Gasteiger partial charge in [-0.25, -0.2) is 0 Å². The van der Waals surface area contributed by atoms with E-state index in [1.54, 1.807) is 18.5 Å². The van der Waals surface area contributed by atoms with Crippen LogP contribution < -0.4 is 5.32 Å². The van der Waals surface area contributed by atoms with Gasteiger partial charge in [-0.15, -0.1) is 0 Å². The van der Waals surface area contributed by atoms with E-state index in [-0.39, 0.29) is 0 Å². The zero-order valence-corrected chi connectivity index (χ0v) is 10.4. The summed E-state index contributed by atoms with van der Waals surface area (Å²) in [6, 6.07) is -0.911. The summed E-state index contributed by atoms with van der Waals surface area (Å²) in [6.07, 6.45) is 0. The number of hydrogen-bond acceptors (Lipinski definition) is 3. The Bertz CT molecular complexity index is 451. The number of nitrogens with zero attached hydrogens (tertiary/aromatic N) is 2. The molecule has 1 atom stereocenters. The molecule has 1 heterocycles. The third-order valence-corrected chi connectivity index (χ3v) is 2.63. The smallest absolute Gasteiger partial charge is 0.325 e. The molecule has 1 unspecified atom stereocenters. The molecule has 6 heteroatoms. The quantitative estimate of drug-likeness (QED) is 0.811. The van der Waals surface area contributed by atoms with E-state index in [4.69, 9.17) is 5.11 Å².